The first-order valence-corrected chi connectivity index (χ1v) is 2.72. The largest absolute Gasteiger partial charge is 0.508 e. The average Bonchev–Trinajstić information content (AvgIpc) is 1.89. The predicted molar refractivity (Wildman–Crippen MR) is 42.6 cm³/mol. The lowest BCUT2D eigenvalue weighted by Crippen LogP contribution is -1.80. The number of benzene rings is 1. The summed E-state index contributed by atoms with van der Waals surface area (Å²) in [6, 6.07) is 6.71. The third kappa shape index (κ3) is 2.17. The molecule has 0 spiro atoms. The van der Waals surface area contributed by atoms with Crippen molar-refractivity contribution in [3.8, 4) is 5.75 Å². The molecule has 0 fully saturated rings. The molecule has 0 amide bonds. The van der Waals surface area contributed by atoms with Gasteiger partial charge in [-0.1, -0.05) is 18.2 Å². The van der Waals surface area contributed by atoms with Crippen molar-refractivity contribution in [3.63, 3.8) is 0 Å². The number of para-hydroxylation sites is 1. The van der Waals surface area contributed by atoms with E-state index >= 15 is 0 Å². The first-order chi connectivity index (χ1) is 4.34. The van der Waals surface area contributed by atoms with E-state index in [4.69, 9.17) is 10.2 Å². The van der Waals surface area contributed by atoms with E-state index in [1.807, 2.05) is 0 Å². The number of aliphatic hydroxyl groups excluding tert-OH is 1. The van der Waals surface area contributed by atoms with E-state index in [2.05, 4.69) is 0 Å². The summed E-state index contributed by atoms with van der Waals surface area (Å²) in [5.41, 5.74) is 0.567. The van der Waals surface area contributed by atoms with Gasteiger partial charge in [0.05, 0.1) is 6.61 Å². The van der Waals surface area contributed by atoms with Gasteiger partial charge >= 0.3 is 23.1 Å². The molecule has 2 N–H and O–H groups in total. The fourth-order valence-corrected chi connectivity index (χ4v) is 0.645. The highest BCUT2D eigenvalue weighted by Crippen LogP contribution is 2.14. The molecule has 0 atom stereocenters. The van der Waals surface area contributed by atoms with Crippen molar-refractivity contribution in [3.05, 3.63) is 29.8 Å². The van der Waals surface area contributed by atoms with Gasteiger partial charge in [0.25, 0.3) is 0 Å². The van der Waals surface area contributed by atoms with E-state index in [0.29, 0.717) is 5.56 Å². The van der Waals surface area contributed by atoms with Gasteiger partial charge in [0, 0.05) is 5.56 Å². The summed E-state index contributed by atoms with van der Waals surface area (Å²) >= 11 is 0. The van der Waals surface area contributed by atoms with E-state index in [1.54, 1.807) is 24.3 Å². The van der Waals surface area contributed by atoms with Crippen molar-refractivity contribution >= 4 is 23.1 Å². The van der Waals surface area contributed by atoms with Gasteiger partial charge in [0.2, 0.25) is 0 Å². The summed E-state index contributed by atoms with van der Waals surface area (Å²) in [6.07, 6.45) is 0. The van der Waals surface area contributed by atoms with Crippen LogP contribution in [0.15, 0.2) is 24.3 Å². The number of aliphatic hydroxyl groups is 1. The molecule has 52 valence electrons. The topological polar surface area (TPSA) is 40.5 Å². The molecule has 0 aromatic heterocycles. The Labute approximate surface area is 75.7 Å². The number of rotatable bonds is 1. The standard InChI is InChI=1S/C7H8O2.Mg.2H/c8-5-6-3-1-2-4-7(6)9;;;/h1-4,8-9H,5H2;;;. The number of aromatic hydroxyl groups is 1. The molecular weight excluding hydrogens is 140 g/mol. The minimum atomic E-state index is -0.104. The zero-order chi connectivity index (χ0) is 6.69. The Hall–Kier alpha value is -0.254. The van der Waals surface area contributed by atoms with Crippen LogP contribution < -0.4 is 0 Å². The van der Waals surface area contributed by atoms with Crippen LogP contribution in [0.5, 0.6) is 5.75 Å². The quantitative estimate of drug-likeness (QED) is 0.552. The minimum Gasteiger partial charge on any atom is -0.508 e. The van der Waals surface area contributed by atoms with E-state index in [-0.39, 0.29) is 35.4 Å². The van der Waals surface area contributed by atoms with Crippen LogP contribution in [0.2, 0.25) is 0 Å². The first-order valence-electron chi connectivity index (χ1n) is 2.72. The normalized spacial score (nSPS) is 8.50. The lowest BCUT2D eigenvalue weighted by atomic mass is 10.2. The van der Waals surface area contributed by atoms with Crippen LogP contribution in [0.4, 0.5) is 0 Å². The van der Waals surface area contributed by atoms with Crippen molar-refractivity contribution < 1.29 is 10.2 Å². The van der Waals surface area contributed by atoms with Gasteiger partial charge in [-0.2, -0.15) is 0 Å². The summed E-state index contributed by atoms with van der Waals surface area (Å²) in [6.45, 7) is -0.104. The van der Waals surface area contributed by atoms with Crippen molar-refractivity contribution in [2.45, 2.75) is 6.61 Å². The Kier molecular flexibility index (Phi) is 4.43. The molecule has 0 unspecified atom stereocenters. The molecule has 10 heavy (non-hydrogen) atoms. The summed E-state index contributed by atoms with van der Waals surface area (Å²) in [5, 5.41) is 17.5. The fraction of sp³-hybridized carbons (Fsp3) is 0.143. The minimum absolute atomic E-state index is 0. The lowest BCUT2D eigenvalue weighted by molar-refractivity contribution is 0.275. The Morgan fingerprint density at radius 2 is 1.80 bits per heavy atom. The van der Waals surface area contributed by atoms with Gasteiger partial charge in [-0.25, -0.2) is 0 Å². The molecule has 0 aliphatic carbocycles. The van der Waals surface area contributed by atoms with E-state index < -0.39 is 0 Å². The van der Waals surface area contributed by atoms with Crippen molar-refractivity contribution in [1.29, 1.82) is 0 Å². The highest BCUT2D eigenvalue weighted by atomic mass is 24.3. The molecule has 0 saturated carbocycles. The summed E-state index contributed by atoms with van der Waals surface area (Å²) in [7, 11) is 0. The average molecular weight is 150 g/mol. The van der Waals surface area contributed by atoms with Crippen molar-refractivity contribution in [2.24, 2.45) is 0 Å². The lowest BCUT2D eigenvalue weighted by Gasteiger charge is -1.96. The summed E-state index contributed by atoms with van der Waals surface area (Å²) in [4.78, 5) is 0. The predicted octanol–water partition coefficient (Wildman–Crippen LogP) is -0.0317. The van der Waals surface area contributed by atoms with Crippen molar-refractivity contribution in [2.75, 3.05) is 0 Å². The Morgan fingerprint density at radius 3 is 2.20 bits per heavy atom. The third-order valence-electron chi connectivity index (χ3n) is 1.16. The molecule has 0 bridgehead atoms. The van der Waals surface area contributed by atoms with Gasteiger partial charge in [-0.15, -0.1) is 0 Å². The van der Waals surface area contributed by atoms with Crippen LogP contribution in [0.3, 0.4) is 0 Å². The van der Waals surface area contributed by atoms with E-state index in [9.17, 15) is 0 Å². The molecule has 1 aromatic carbocycles. The Bertz CT molecular complexity index is 201. The maximum absolute atomic E-state index is 8.95. The second kappa shape index (κ2) is 4.54. The molecule has 0 aliphatic rings. The zero-order valence-electron chi connectivity index (χ0n) is 4.91. The summed E-state index contributed by atoms with van der Waals surface area (Å²) in [5.74, 6) is 0.153. The second-order valence-corrected chi connectivity index (χ2v) is 1.79. The third-order valence-corrected chi connectivity index (χ3v) is 1.16. The molecule has 0 aliphatic heterocycles. The maximum atomic E-state index is 8.95. The fourth-order valence-electron chi connectivity index (χ4n) is 0.645. The smallest absolute Gasteiger partial charge is 0.316 e. The Morgan fingerprint density at radius 1 is 1.20 bits per heavy atom. The zero-order valence-corrected chi connectivity index (χ0v) is 4.91. The molecule has 0 saturated heterocycles. The molecule has 2 nitrogen and oxygen atoms in total. The van der Waals surface area contributed by atoms with Gasteiger partial charge in [0.1, 0.15) is 5.75 Å². The van der Waals surface area contributed by atoms with Gasteiger partial charge in [0.15, 0.2) is 0 Å². The number of hydrogen-bond donors (Lipinski definition) is 2. The van der Waals surface area contributed by atoms with E-state index in [0.717, 1.165) is 0 Å². The van der Waals surface area contributed by atoms with Crippen LogP contribution in [-0.2, 0) is 6.61 Å². The van der Waals surface area contributed by atoms with E-state index in [1.165, 1.54) is 0 Å². The van der Waals surface area contributed by atoms with Crippen LogP contribution in [0.1, 0.15) is 5.56 Å². The monoisotopic (exact) mass is 150 g/mol. The number of hydrogen-bond acceptors (Lipinski definition) is 2. The molecular formula is C7H10MgO2. The van der Waals surface area contributed by atoms with Crippen LogP contribution >= 0.6 is 0 Å². The van der Waals surface area contributed by atoms with Crippen LogP contribution in [0, 0.1) is 0 Å². The molecule has 0 radical (unpaired) electrons. The first kappa shape index (κ1) is 9.75. The highest BCUT2D eigenvalue weighted by molar-refractivity contribution is 5.75. The van der Waals surface area contributed by atoms with Crippen LogP contribution in [-0.4, -0.2) is 33.3 Å². The molecule has 1 aromatic rings. The number of phenols is 1. The van der Waals surface area contributed by atoms with Gasteiger partial charge in [-0.3, -0.25) is 0 Å². The van der Waals surface area contributed by atoms with Gasteiger partial charge < -0.3 is 10.2 Å². The molecule has 3 heteroatoms. The van der Waals surface area contributed by atoms with Gasteiger partial charge in [-0.05, 0) is 6.07 Å². The molecule has 0 heterocycles. The van der Waals surface area contributed by atoms with Crippen molar-refractivity contribution in [1.82, 2.24) is 0 Å². The van der Waals surface area contributed by atoms with Crippen LogP contribution in [0.25, 0.3) is 0 Å². The highest BCUT2D eigenvalue weighted by Gasteiger charge is 1.93. The maximum Gasteiger partial charge on any atom is 0.316 e. The summed E-state index contributed by atoms with van der Waals surface area (Å²) < 4.78 is 0. The SMILES string of the molecule is OCc1ccccc1O.[MgH2]. The Balaban J connectivity index is 0.000000810. The second-order valence-electron chi connectivity index (χ2n) is 1.79. The molecule has 1 rings (SSSR count).